The summed E-state index contributed by atoms with van der Waals surface area (Å²) in [6.45, 7) is 1.29. The first-order chi connectivity index (χ1) is 13.3. The molecule has 1 aliphatic carbocycles. The summed E-state index contributed by atoms with van der Waals surface area (Å²) in [4.78, 5) is 15.0. The zero-order valence-electron chi connectivity index (χ0n) is 15.1. The molecule has 5 nitrogen and oxygen atoms in total. The van der Waals surface area contributed by atoms with Crippen molar-refractivity contribution in [1.29, 1.82) is 0 Å². The molecule has 2 aliphatic rings. The number of hydrogen-bond acceptors (Lipinski definition) is 3. The standard InChI is InChI=1S/C20H20Cl2N2O3S/c21-17-7-6-16(14-18(17)22)28(26,27)24-12-10-23(11-13-24)19(25)20(8-9-20)15-4-2-1-3-5-15/h1-7,14H,8-13H2. The summed E-state index contributed by atoms with van der Waals surface area (Å²) in [5.41, 5.74) is 0.622. The molecule has 2 aromatic rings. The Morgan fingerprint density at radius 2 is 1.54 bits per heavy atom. The van der Waals surface area contributed by atoms with E-state index in [0.29, 0.717) is 18.1 Å². The fourth-order valence-electron chi connectivity index (χ4n) is 3.73. The number of hydrogen-bond donors (Lipinski definition) is 0. The number of benzene rings is 2. The predicted molar refractivity (Wildman–Crippen MR) is 109 cm³/mol. The first kappa shape index (κ1) is 19.7. The van der Waals surface area contributed by atoms with Gasteiger partial charge in [0, 0.05) is 26.2 Å². The SMILES string of the molecule is O=C(N1CCN(S(=O)(=O)c2ccc(Cl)c(Cl)c2)CC1)C1(c2ccccc2)CC1. The number of rotatable bonds is 4. The summed E-state index contributed by atoms with van der Waals surface area (Å²) >= 11 is 11.9. The van der Waals surface area contributed by atoms with E-state index < -0.39 is 15.4 Å². The maximum Gasteiger partial charge on any atom is 0.243 e. The molecule has 0 bridgehead atoms. The molecule has 0 radical (unpaired) electrons. The van der Waals surface area contributed by atoms with Gasteiger partial charge in [0.05, 0.1) is 20.4 Å². The average molecular weight is 439 g/mol. The molecule has 0 unspecified atom stereocenters. The molecule has 8 heteroatoms. The van der Waals surface area contributed by atoms with Crippen LogP contribution in [0.25, 0.3) is 0 Å². The lowest BCUT2D eigenvalue weighted by Crippen LogP contribution is -2.52. The van der Waals surface area contributed by atoms with Crippen LogP contribution in [0.2, 0.25) is 10.0 Å². The zero-order valence-corrected chi connectivity index (χ0v) is 17.5. The van der Waals surface area contributed by atoms with Crippen LogP contribution < -0.4 is 0 Å². The van der Waals surface area contributed by atoms with Crippen LogP contribution in [-0.2, 0) is 20.2 Å². The molecule has 1 saturated heterocycles. The minimum atomic E-state index is -3.67. The van der Waals surface area contributed by atoms with Gasteiger partial charge in [0.25, 0.3) is 0 Å². The first-order valence-electron chi connectivity index (χ1n) is 9.15. The summed E-state index contributed by atoms with van der Waals surface area (Å²) in [6.07, 6.45) is 1.69. The molecule has 1 amide bonds. The highest BCUT2D eigenvalue weighted by molar-refractivity contribution is 7.89. The van der Waals surface area contributed by atoms with Gasteiger partial charge in [-0.2, -0.15) is 4.31 Å². The Balaban J connectivity index is 1.46. The second kappa shape index (κ2) is 7.34. The van der Waals surface area contributed by atoms with E-state index in [9.17, 15) is 13.2 Å². The molecule has 1 heterocycles. The predicted octanol–water partition coefficient (Wildman–Crippen LogP) is 3.56. The molecule has 0 spiro atoms. The van der Waals surface area contributed by atoms with Crippen molar-refractivity contribution in [3.63, 3.8) is 0 Å². The van der Waals surface area contributed by atoms with E-state index >= 15 is 0 Å². The van der Waals surface area contributed by atoms with Gasteiger partial charge in [-0.15, -0.1) is 0 Å². The molecule has 0 aromatic heterocycles. The largest absolute Gasteiger partial charge is 0.339 e. The number of amides is 1. The Labute approximate surface area is 174 Å². The van der Waals surface area contributed by atoms with Crippen molar-refractivity contribution in [3.05, 3.63) is 64.1 Å². The van der Waals surface area contributed by atoms with Crippen molar-refractivity contribution in [2.24, 2.45) is 0 Å². The molecule has 0 N–H and O–H groups in total. The number of carbonyl (C=O) groups excluding carboxylic acids is 1. The summed E-state index contributed by atoms with van der Waals surface area (Å²) in [7, 11) is -3.67. The van der Waals surface area contributed by atoms with Crippen LogP contribution in [-0.4, -0.2) is 49.7 Å². The van der Waals surface area contributed by atoms with Crippen molar-refractivity contribution < 1.29 is 13.2 Å². The zero-order chi connectivity index (χ0) is 19.9. The molecule has 4 rings (SSSR count). The van der Waals surface area contributed by atoms with Gasteiger partial charge in [0.15, 0.2) is 0 Å². The van der Waals surface area contributed by atoms with E-state index in [0.717, 1.165) is 18.4 Å². The van der Waals surface area contributed by atoms with Gasteiger partial charge in [0.1, 0.15) is 0 Å². The molecule has 148 valence electrons. The minimum absolute atomic E-state index is 0.102. The van der Waals surface area contributed by atoms with Gasteiger partial charge in [-0.05, 0) is 36.6 Å². The highest BCUT2D eigenvalue weighted by atomic mass is 35.5. The Bertz CT molecular complexity index is 999. The average Bonchev–Trinajstić information content (AvgIpc) is 3.52. The monoisotopic (exact) mass is 438 g/mol. The number of sulfonamides is 1. The third-order valence-electron chi connectivity index (χ3n) is 5.54. The van der Waals surface area contributed by atoms with Crippen molar-refractivity contribution in [2.75, 3.05) is 26.2 Å². The number of halogens is 2. The second-order valence-corrected chi connectivity index (χ2v) is 9.97. The third-order valence-corrected chi connectivity index (χ3v) is 8.17. The number of piperazine rings is 1. The lowest BCUT2D eigenvalue weighted by atomic mass is 9.94. The van der Waals surface area contributed by atoms with Crippen LogP contribution in [0.15, 0.2) is 53.4 Å². The second-order valence-electron chi connectivity index (χ2n) is 7.22. The van der Waals surface area contributed by atoms with Crippen LogP contribution in [0.5, 0.6) is 0 Å². The molecule has 1 aliphatic heterocycles. The minimum Gasteiger partial charge on any atom is -0.339 e. The van der Waals surface area contributed by atoms with Crippen molar-refractivity contribution in [1.82, 2.24) is 9.21 Å². The van der Waals surface area contributed by atoms with Crippen LogP contribution in [0, 0.1) is 0 Å². The van der Waals surface area contributed by atoms with E-state index in [-0.39, 0.29) is 28.9 Å². The Morgan fingerprint density at radius 1 is 0.893 bits per heavy atom. The quantitative estimate of drug-likeness (QED) is 0.732. The van der Waals surface area contributed by atoms with Gasteiger partial charge < -0.3 is 4.90 Å². The van der Waals surface area contributed by atoms with Crippen LogP contribution >= 0.6 is 23.2 Å². The van der Waals surface area contributed by atoms with E-state index in [1.807, 2.05) is 30.3 Å². The number of carbonyl (C=O) groups is 1. The first-order valence-corrected chi connectivity index (χ1v) is 11.3. The summed E-state index contributed by atoms with van der Waals surface area (Å²) in [6, 6.07) is 14.1. The molecule has 1 saturated carbocycles. The highest BCUT2D eigenvalue weighted by Gasteiger charge is 2.53. The van der Waals surface area contributed by atoms with Crippen LogP contribution in [0.4, 0.5) is 0 Å². The number of nitrogens with zero attached hydrogens (tertiary/aromatic N) is 2. The van der Waals surface area contributed by atoms with E-state index in [2.05, 4.69) is 0 Å². The topological polar surface area (TPSA) is 57.7 Å². The third kappa shape index (κ3) is 3.43. The summed E-state index contributed by atoms with van der Waals surface area (Å²) in [5, 5.41) is 0.516. The maximum atomic E-state index is 13.1. The lowest BCUT2D eigenvalue weighted by molar-refractivity contribution is -0.135. The van der Waals surface area contributed by atoms with Crippen molar-refractivity contribution in [3.8, 4) is 0 Å². The fraction of sp³-hybridized carbons (Fsp3) is 0.350. The van der Waals surface area contributed by atoms with Crippen LogP contribution in [0.3, 0.4) is 0 Å². The van der Waals surface area contributed by atoms with Gasteiger partial charge in [-0.25, -0.2) is 8.42 Å². The summed E-state index contributed by atoms with van der Waals surface area (Å²) in [5.74, 6) is 0.102. The Morgan fingerprint density at radius 3 is 2.11 bits per heavy atom. The molecular formula is C20H20Cl2N2O3S. The lowest BCUT2D eigenvalue weighted by Gasteiger charge is -2.36. The van der Waals surface area contributed by atoms with Gasteiger partial charge >= 0.3 is 0 Å². The Hall–Kier alpha value is -1.60. The van der Waals surface area contributed by atoms with Crippen molar-refractivity contribution >= 4 is 39.1 Å². The van der Waals surface area contributed by atoms with Gasteiger partial charge in [-0.3, -0.25) is 4.79 Å². The van der Waals surface area contributed by atoms with E-state index in [1.165, 1.54) is 22.5 Å². The molecule has 28 heavy (non-hydrogen) atoms. The molecule has 2 aromatic carbocycles. The van der Waals surface area contributed by atoms with Gasteiger partial charge in [-0.1, -0.05) is 53.5 Å². The molecule has 2 fully saturated rings. The molecular weight excluding hydrogens is 419 g/mol. The van der Waals surface area contributed by atoms with Gasteiger partial charge in [0.2, 0.25) is 15.9 Å². The van der Waals surface area contributed by atoms with Crippen LogP contribution in [0.1, 0.15) is 18.4 Å². The fourth-order valence-corrected chi connectivity index (χ4v) is 5.54. The van der Waals surface area contributed by atoms with E-state index in [1.54, 1.807) is 4.90 Å². The normalized spacial score (nSPS) is 19.4. The maximum absolute atomic E-state index is 13.1. The van der Waals surface area contributed by atoms with Crippen molar-refractivity contribution in [2.45, 2.75) is 23.2 Å². The Kier molecular flexibility index (Phi) is 5.16. The van der Waals surface area contributed by atoms with E-state index in [4.69, 9.17) is 23.2 Å². The summed E-state index contributed by atoms with van der Waals surface area (Å²) < 4.78 is 27.2. The smallest absolute Gasteiger partial charge is 0.243 e. The highest BCUT2D eigenvalue weighted by Crippen LogP contribution is 2.49. The molecule has 0 atom stereocenters.